The van der Waals surface area contributed by atoms with E-state index in [0.717, 1.165) is 17.4 Å². The maximum absolute atomic E-state index is 12.2. The van der Waals surface area contributed by atoms with E-state index < -0.39 is 0 Å². The predicted molar refractivity (Wildman–Crippen MR) is 73.5 cm³/mol. The van der Waals surface area contributed by atoms with Gasteiger partial charge in [0, 0.05) is 18.2 Å². The summed E-state index contributed by atoms with van der Waals surface area (Å²) in [5, 5.41) is 3.19. The van der Waals surface area contributed by atoms with Crippen molar-refractivity contribution in [2.45, 2.75) is 38.6 Å². The summed E-state index contributed by atoms with van der Waals surface area (Å²) in [6, 6.07) is 4.06. The molecule has 1 aromatic heterocycles. The second-order valence-corrected chi connectivity index (χ2v) is 6.35. The van der Waals surface area contributed by atoms with E-state index in [2.05, 4.69) is 12.2 Å². The van der Waals surface area contributed by atoms with E-state index in [9.17, 15) is 4.79 Å². The monoisotopic (exact) mass is 259 g/mol. The van der Waals surface area contributed by atoms with E-state index in [-0.39, 0.29) is 5.91 Å². The SMILES string of the molecule is C[C@H](NC(=O)c1cc[n+](C)cc1)[C@H]1C[C@@H]2CC[C@H]1C2. The zero-order valence-corrected chi connectivity index (χ0v) is 11.8. The molecule has 3 heteroatoms. The standard InChI is InChI=1S/C16H22N2O/c1-11(15-10-12-3-4-14(15)9-12)17-16(19)13-5-7-18(2)8-6-13/h5-8,11-12,14-15H,3-4,9-10H2,1-2H3/p+1/t11-,12+,14-,15+/m0/s1. The number of fused-ring (bicyclic) bond motifs is 2. The Morgan fingerprint density at radius 2 is 2.05 bits per heavy atom. The molecule has 1 amide bonds. The molecule has 19 heavy (non-hydrogen) atoms. The van der Waals surface area contributed by atoms with Gasteiger partial charge in [-0.3, -0.25) is 4.79 Å². The van der Waals surface area contributed by atoms with Crippen LogP contribution in [0, 0.1) is 17.8 Å². The topological polar surface area (TPSA) is 33.0 Å². The Morgan fingerprint density at radius 1 is 1.32 bits per heavy atom. The summed E-state index contributed by atoms with van der Waals surface area (Å²) in [4.78, 5) is 12.2. The third-order valence-electron chi connectivity index (χ3n) is 5.03. The Hall–Kier alpha value is -1.38. The minimum atomic E-state index is 0.0656. The van der Waals surface area contributed by atoms with Crippen LogP contribution >= 0.6 is 0 Å². The Morgan fingerprint density at radius 3 is 2.63 bits per heavy atom. The minimum absolute atomic E-state index is 0.0656. The van der Waals surface area contributed by atoms with Crippen LogP contribution in [0.1, 0.15) is 43.0 Å². The van der Waals surface area contributed by atoms with Crippen molar-refractivity contribution in [3.05, 3.63) is 30.1 Å². The molecule has 0 aromatic carbocycles. The van der Waals surface area contributed by atoms with Gasteiger partial charge < -0.3 is 5.32 Å². The molecule has 2 saturated carbocycles. The summed E-state index contributed by atoms with van der Waals surface area (Å²) in [5.41, 5.74) is 0.758. The van der Waals surface area contributed by atoms with Crippen LogP contribution in [-0.2, 0) is 7.05 Å². The van der Waals surface area contributed by atoms with Crippen molar-refractivity contribution in [3.8, 4) is 0 Å². The van der Waals surface area contributed by atoms with Gasteiger partial charge in [0.1, 0.15) is 7.05 Å². The first kappa shape index (κ1) is 12.6. The first-order valence-electron chi connectivity index (χ1n) is 7.39. The van der Waals surface area contributed by atoms with Gasteiger partial charge in [0.05, 0.1) is 5.56 Å². The zero-order valence-electron chi connectivity index (χ0n) is 11.8. The van der Waals surface area contributed by atoms with Crippen LogP contribution in [0.25, 0.3) is 0 Å². The van der Waals surface area contributed by atoms with Gasteiger partial charge in [-0.15, -0.1) is 0 Å². The number of nitrogens with one attached hydrogen (secondary N) is 1. The lowest BCUT2D eigenvalue weighted by atomic mass is 9.84. The highest BCUT2D eigenvalue weighted by atomic mass is 16.1. The average Bonchev–Trinajstić information content (AvgIpc) is 3.01. The maximum Gasteiger partial charge on any atom is 0.251 e. The lowest BCUT2D eigenvalue weighted by molar-refractivity contribution is -0.671. The fourth-order valence-corrected chi connectivity index (χ4v) is 3.96. The van der Waals surface area contributed by atoms with Crippen molar-refractivity contribution < 1.29 is 9.36 Å². The molecule has 0 saturated heterocycles. The van der Waals surface area contributed by atoms with Gasteiger partial charge in [-0.05, 0) is 43.9 Å². The highest BCUT2D eigenvalue weighted by molar-refractivity contribution is 5.94. The fraction of sp³-hybridized carbons (Fsp3) is 0.625. The Bertz CT molecular complexity index is 468. The molecule has 4 atom stereocenters. The van der Waals surface area contributed by atoms with E-state index in [1.165, 1.54) is 25.7 Å². The molecule has 2 aliphatic carbocycles. The van der Waals surface area contributed by atoms with Crippen LogP contribution in [0.15, 0.2) is 24.5 Å². The average molecular weight is 259 g/mol. The number of hydrogen-bond acceptors (Lipinski definition) is 1. The molecule has 3 rings (SSSR count). The summed E-state index contributed by atoms with van der Waals surface area (Å²) in [5.74, 6) is 2.55. The van der Waals surface area contributed by atoms with E-state index in [0.29, 0.717) is 12.0 Å². The molecular formula is C16H23N2O+. The Kier molecular flexibility index (Phi) is 3.29. The zero-order chi connectivity index (χ0) is 13.4. The molecule has 1 N–H and O–H groups in total. The largest absolute Gasteiger partial charge is 0.349 e. The van der Waals surface area contributed by atoms with Crippen LogP contribution in [0.3, 0.4) is 0 Å². The second kappa shape index (κ2) is 4.95. The summed E-state index contributed by atoms with van der Waals surface area (Å²) in [6.45, 7) is 2.17. The first-order valence-corrected chi connectivity index (χ1v) is 7.39. The molecule has 0 radical (unpaired) electrons. The highest BCUT2D eigenvalue weighted by Crippen LogP contribution is 2.49. The third kappa shape index (κ3) is 2.51. The first-order chi connectivity index (χ1) is 9.13. The number of carbonyl (C=O) groups excluding carboxylic acids is 1. The van der Waals surface area contributed by atoms with Gasteiger partial charge in [0.25, 0.3) is 5.91 Å². The number of pyridine rings is 1. The molecule has 1 aromatic rings. The number of carbonyl (C=O) groups is 1. The number of amides is 1. The summed E-state index contributed by atoms with van der Waals surface area (Å²) in [7, 11) is 1.96. The normalized spacial score (nSPS) is 30.3. The van der Waals surface area contributed by atoms with Crippen molar-refractivity contribution in [2.75, 3.05) is 0 Å². The summed E-state index contributed by atoms with van der Waals surface area (Å²) >= 11 is 0. The fourth-order valence-electron chi connectivity index (χ4n) is 3.96. The van der Waals surface area contributed by atoms with Crippen LogP contribution in [-0.4, -0.2) is 11.9 Å². The number of hydrogen-bond donors (Lipinski definition) is 1. The highest BCUT2D eigenvalue weighted by Gasteiger charge is 2.42. The van der Waals surface area contributed by atoms with Crippen LogP contribution in [0.4, 0.5) is 0 Å². The van der Waals surface area contributed by atoms with E-state index in [1.54, 1.807) is 0 Å². The van der Waals surface area contributed by atoms with Gasteiger partial charge >= 0.3 is 0 Å². The number of aromatic nitrogens is 1. The second-order valence-electron chi connectivity index (χ2n) is 6.35. The van der Waals surface area contributed by atoms with Crippen LogP contribution < -0.4 is 9.88 Å². The van der Waals surface area contributed by atoms with Crippen LogP contribution in [0.2, 0.25) is 0 Å². The number of nitrogens with zero attached hydrogens (tertiary/aromatic N) is 1. The van der Waals surface area contributed by atoms with E-state index >= 15 is 0 Å². The molecule has 2 bridgehead atoms. The molecule has 2 fully saturated rings. The molecule has 1 heterocycles. The number of rotatable bonds is 3. The smallest absolute Gasteiger partial charge is 0.251 e. The van der Waals surface area contributed by atoms with E-state index in [4.69, 9.17) is 0 Å². The number of aryl methyl sites for hydroxylation is 1. The lowest BCUT2D eigenvalue weighted by Gasteiger charge is -2.28. The Labute approximate surface area is 115 Å². The Balaban J connectivity index is 1.61. The molecular weight excluding hydrogens is 236 g/mol. The van der Waals surface area contributed by atoms with Crippen LogP contribution in [0.5, 0.6) is 0 Å². The molecule has 102 valence electrons. The minimum Gasteiger partial charge on any atom is -0.349 e. The van der Waals surface area contributed by atoms with Gasteiger partial charge in [0.2, 0.25) is 0 Å². The van der Waals surface area contributed by atoms with Gasteiger partial charge in [0.15, 0.2) is 12.4 Å². The van der Waals surface area contributed by atoms with Crippen molar-refractivity contribution in [1.82, 2.24) is 5.32 Å². The molecule has 0 aliphatic heterocycles. The maximum atomic E-state index is 12.2. The van der Waals surface area contributed by atoms with Gasteiger partial charge in [-0.25, -0.2) is 4.57 Å². The van der Waals surface area contributed by atoms with Crippen molar-refractivity contribution in [3.63, 3.8) is 0 Å². The molecule has 3 nitrogen and oxygen atoms in total. The van der Waals surface area contributed by atoms with Crippen molar-refractivity contribution >= 4 is 5.91 Å². The molecule has 0 unspecified atom stereocenters. The third-order valence-corrected chi connectivity index (χ3v) is 5.03. The lowest BCUT2D eigenvalue weighted by Crippen LogP contribution is -2.40. The van der Waals surface area contributed by atoms with E-state index in [1.807, 2.05) is 36.1 Å². The predicted octanol–water partition coefficient (Wildman–Crippen LogP) is 2.07. The van der Waals surface area contributed by atoms with Gasteiger partial charge in [-0.2, -0.15) is 0 Å². The van der Waals surface area contributed by atoms with Crippen molar-refractivity contribution in [2.24, 2.45) is 24.8 Å². The van der Waals surface area contributed by atoms with Crippen molar-refractivity contribution in [1.29, 1.82) is 0 Å². The quantitative estimate of drug-likeness (QED) is 0.828. The molecule has 2 aliphatic rings. The summed E-state index contributed by atoms with van der Waals surface area (Å²) in [6.07, 6.45) is 9.32. The summed E-state index contributed by atoms with van der Waals surface area (Å²) < 4.78 is 1.94. The molecule has 0 spiro atoms. The van der Waals surface area contributed by atoms with Gasteiger partial charge in [-0.1, -0.05) is 6.42 Å².